The van der Waals surface area contributed by atoms with E-state index in [0.717, 1.165) is 0 Å². The van der Waals surface area contributed by atoms with E-state index in [4.69, 9.17) is 0 Å². The lowest BCUT2D eigenvalue weighted by Crippen LogP contribution is -2.16. The summed E-state index contributed by atoms with van der Waals surface area (Å²) >= 11 is 8.79. The van der Waals surface area contributed by atoms with E-state index in [-0.39, 0.29) is 0 Å². The van der Waals surface area contributed by atoms with Crippen LogP contribution in [0.15, 0.2) is 12.7 Å². The zero-order chi connectivity index (χ0) is 8.78. The molecule has 0 aliphatic rings. The van der Waals surface area contributed by atoms with Crippen LogP contribution in [-0.2, 0) is 0 Å². The predicted molar refractivity (Wildman–Crippen MR) is 37.4 cm³/mol. The summed E-state index contributed by atoms with van der Waals surface area (Å²) < 4.78 is 32.7. The molecule has 0 rings (SSSR count). The molecule has 0 amide bonds. The zero-order valence-electron chi connectivity index (χ0n) is 5.25. The van der Waals surface area contributed by atoms with Crippen molar-refractivity contribution in [2.45, 2.75) is 17.9 Å². The Morgan fingerprint density at radius 1 is 1.40 bits per heavy atom. The highest BCUT2D eigenvalue weighted by atomic mass is 35.5. The van der Waals surface area contributed by atoms with Crippen molar-refractivity contribution in [3.63, 3.8) is 0 Å². The van der Waals surface area contributed by atoms with Gasteiger partial charge in [0.15, 0.2) is 0 Å². The molecule has 0 aliphatic heterocycles. The molecule has 0 spiro atoms. The van der Waals surface area contributed by atoms with Crippen LogP contribution in [0.25, 0.3) is 0 Å². The molecule has 0 saturated carbocycles. The minimum atomic E-state index is -4.47. The average molecular weight is 195 g/mol. The van der Waals surface area contributed by atoms with Gasteiger partial charge < -0.3 is 0 Å². The van der Waals surface area contributed by atoms with E-state index in [1.807, 2.05) is 6.92 Å². The van der Waals surface area contributed by atoms with Crippen LogP contribution in [0.2, 0.25) is 0 Å². The summed E-state index contributed by atoms with van der Waals surface area (Å²) in [4.78, 5) is -2.26. The van der Waals surface area contributed by atoms with Crippen LogP contribution in [-0.4, -0.2) is 11.0 Å². The van der Waals surface area contributed by atoms with Crippen molar-refractivity contribution in [2.75, 3.05) is 0 Å². The number of alkyl halides is 5. The van der Waals surface area contributed by atoms with Gasteiger partial charge in [-0.1, -0.05) is 29.3 Å². The van der Waals surface area contributed by atoms with Crippen molar-refractivity contribution in [3.8, 4) is 0 Å². The minimum Gasteiger partial charge on any atom is -0.168 e. The van der Waals surface area contributed by atoms with E-state index in [2.05, 4.69) is 29.8 Å². The van der Waals surface area contributed by atoms with Crippen molar-refractivity contribution in [2.24, 2.45) is 0 Å². The molecule has 0 saturated heterocycles. The molecule has 5 heteroatoms. The van der Waals surface area contributed by atoms with Gasteiger partial charge in [0.05, 0.1) is 0 Å². The number of hydrogen-bond acceptors (Lipinski definition) is 0. The lowest BCUT2D eigenvalue weighted by Gasteiger charge is -2.03. The lowest BCUT2D eigenvalue weighted by molar-refractivity contribution is -0.115. The van der Waals surface area contributed by atoms with Crippen molar-refractivity contribution in [3.05, 3.63) is 12.7 Å². The van der Waals surface area contributed by atoms with Crippen LogP contribution in [0.1, 0.15) is 6.92 Å². The van der Waals surface area contributed by atoms with E-state index < -0.39 is 11.0 Å². The SMILES string of the molecule is C=CC.FC(F)(F)C(Cl)Cl. The van der Waals surface area contributed by atoms with Crippen LogP contribution in [0.5, 0.6) is 0 Å². The van der Waals surface area contributed by atoms with Gasteiger partial charge in [-0.25, -0.2) is 0 Å². The molecule has 0 atom stereocenters. The molecule has 0 fully saturated rings. The van der Waals surface area contributed by atoms with Gasteiger partial charge in [-0.3, -0.25) is 0 Å². The Hall–Kier alpha value is 0.110. The van der Waals surface area contributed by atoms with E-state index >= 15 is 0 Å². The quantitative estimate of drug-likeness (QED) is 0.409. The molecule has 0 aromatic carbocycles. The van der Waals surface area contributed by atoms with Gasteiger partial charge in [-0.05, 0) is 6.92 Å². The fourth-order valence-corrected chi connectivity index (χ4v) is 0. The molecular weight excluding hydrogens is 188 g/mol. The predicted octanol–water partition coefficient (Wildman–Crippen LogP) is 3.54. The van der Waals surface area contributed by atoms with Gasteiger partial charge in [-0.2, -0.15) is 13.2 Å². The number of halogens is 5. The van der Waals surface area contributed by atoms with Gasteiger partial charge >= 0.3 is 6.18 Å². The lowest BCUT2D eigenvalue weighted by atomic mass is 10.8. The highest BCUT2D eigenvalue weighted by Crippen LogP contribution is 2.26. The van der Waals surface area contributed by atoms with Crippen molar-refractivity contribution in [1.29, 1.82) is 0 Å². The van der Waals surface area contributed by atoms with Crippen LogP contribution in [0, 0.1) is 0 Å². The first-order valence-electron chi connectivity index (χ1n) is 2.28. The summed E-state index contributed by atoms with van der Waals surface area (Å²) in [6.07, 6.45) is -2.72. The summed E-state index contributed by atoms with van der Waals surface area (Å²) in [6, 6.07) is 0. The highest BCUT2D eigenvalue weighted by molar-refractivity contribution is 6.44. The molecule has 0 radical (unpaired) electrons. The first-order chi connectivity index (χ1) is 4.36. The molecule has 0 aromatic rings. The molecule has 0 N–H and O–H groups in total. The van der Waals surface area contributed by atoms with Gasteiger partial charge in [0, 0.05) is 0 Å². The molecule has 0 heterocycles. The first kappa shape index (κ1) is 12.8. The van der Waals surface area contributed by atoms with Crippen LogP contribution in [0.4, 0.5) is 13.2 Å². The third-order valence-corrected chi connectivity index (χ3v) is 0.742. The molecular formula is C5H7Cl2F3. The van der Waals surface area contributed by atoms with Gasteiger partial charge in [0.2, 0.25) is 4.84 Å². The number of rotatable bonds is 0. The zero-order valence-corrected chi connectivity index (χ0v) is 6.76. The second-order valence-electron chi connectivity index (χ2n) is 1.25. The number of allylic oxidation sites excluding steroid dienone is 1. The molecule has 0 nitrogen and oxygen atoms in total. The highest BCUT2D eigenvalue weighted by Gasteiger charge is 2.36. The van der Waals surface area contributed by atoms with E-state index in [1.165, 1.54) is 0 Å². The van der Waals surface area contributed by atoms with Crippen molar-refractivity contribution >= 4 is 23.2 Å². The van der Waals surface area contributed by atoms with Crippen LogP contribution in [0.3, 0.4) is 0 Å². The first-order valence-corrected chi connectivity index (χ1v) is 3.15. The van der Waals surface area contributed by atoms with Gasteiger partial charge in [-0.15, -0.1) is 6.58 Å². The number of hydrogen-bond donors (Lipinski definition) is 0. The van der Waals surface area contributed by atoms with Crippen molar-refractivity contribution < 1.29 is 13.2 Å². The summed E-state index contributed by atoms with van der Waals surface area (Å²) in [6.45, 7) is 5.25. The Kier molecular flexibility index (Phi) is 7.48. The van der Waals surface area contributed by atoms with E-state index in [1.54, 1.807) is 6.08 Å². The average Bonchev–Trinajstić information content (AvgIpc) is 1.64. The Bertz CT molecular complexity index is 87.4. The smallest absolute Gasteiger partial charge is 0.168 e. The Morgan fingerprint density at radius 2 is 1.50 bits per heavy atom. The summed E-state index contributed by atoms with van der Waals surface area (Å²) in [7, 11) is 0. The molecule has 0 aromatic heterocycles. The normalized spacial score (nSPS) is 10.3. The Balaban J connectivity index is 0. The van der Waals surface area contributed by atoms with Crippen LogP contribution >= 0.6 is 23.2 Å². The molecule has 10 heavy (non-hydrogen) atoms. The monoisotopic (exact) mass is 194 g/mol. The molecule has 0 bridgehead atoms. The Labute approximate surface area is 67.6 Å². The summed E-state index contributed by atoms with van der Waals surface area (Å²) in [5.74, 6) is 0. The molecule has 0 aliphatic carbocycles. The molecule has 0 unspecified atom stereocenters. The second-order valence-corrected chi connectivity index (χ2v) is 2.35. The maximum atomic E-state index is 10.9. The third kappa shape index (κ3) is 11.0. The fraction of sp³-hybridized carbons (Fsp3) is 0.600. The third-order valence-electron chi connectivity index (χ3n) is 0.247. The second kappa shape index (κ2) is 5.86. The standard InChI is InChI=1S/C3H6.C2HCl2F3/c1-3-2;3-1(4)2(5,6)7/h3H,1H2,2H3;1H. The maximum Gasteiger partial charge on any atom is 0.418 e. The summed E-state index contributed by atoms with van der Waals surface area (Å²) in [5.41, 5.74) is 0. The van der Waals surface area contributed by atoms with Gasteiger partial charge in [0.1, 0.15) is 0 Å². The van der Waals surface area contributed by atoms with E-state index in [0.29, 0.717) is 0 Å². The van der Waals surface area contributed by atoms with Crippen molar-refractivity contribution in [1.82, 2.24) is 0 Å². The van der Waals surface area contributed by atoms with Crippen LogP contribution < -0.4 is 0 Å². The fourth-order valence-electron chi connectivity index (χ4n) is 0. The minimum absolute atomic E-state index is 1.75. The van der Waals surface area contributed by atoms with E-state index in [9.17, 15) is 13.2 Å². The maximum absolute atomic E-state index is 10.9. The van der Waals surface area contributed by atoms with Gasteiger partial charge in [0.25, 0.3) is 0 Å². The molecule has 62 valence electrons. The summed E-state index contributed by atoms with van der Waals surface area (Å²) in [5, 5.41) is 0. The Morgan fingerprint density at radius 3 is 1.50 bits per heavy atom. The topological polar surface area (TPSA) is 0 Å². The largest absolute Gasteiger partial charge is 0.418 e.